The van der Waals surface area contributed by atoms with Gasteiger partial charge in [0.05, 0.1) is 12.4 Å². The van der Waals surface area contributed by atoms with Gasteiger partial charge in [0, 0.05) is 24.0 Å². The third kappa shape index (κ3) is 3.26. The maximum Gasteiger partial charge on any atom is 0.233 e. The van der Waals surface area contributed by atoms with Gasteiger partial charge in [-0.25, -0.2) is 4.98 Å². The number of H-pyrrole nitrogens is 1. The number of carbonyl (C=O) groups is 1. The summed E-state index contributed by atoms with van der Waals surface area (Å²) in [5.41, 5.74) is 2.33. The first kappa shape index (κ1) is 16.1. The zero-order chi connectivity index (χ0) is 17.2. The Bertz CT molecular complexity index is 920. The standard InChI is InChI=1S/C17H19N5O2S/c1-2-24-11-5-6-13-12(9-11)15-16(18-13)19-17(21-20-15)25-10-14(23)22-7-3-4-8-22/h5-6,9H,2-4,7-8,10H2,1H3,(H,18,19,21). The fourth-order valence-electron chi connectivity index (χ4n) is 3.04. The van der Waals surface area contributed by atoms with Gasteiger partial charge in [-0.2, -0.15) is 0 Å². The van der Waals surface area contributed by atoms with Crippen LogP contribution in [0.25, 0.3) is 22.1 Å². The molecule has 130 valence electrons. The van der Waals surface area contributed by atoms with Crippen LogP contribution in [0, 0.1) is 0 Å². The van der Waals surface area contributed by atoms with E-state index in [-0.39, 0.29) is 5.91 Å². The SMILES string of the molecule is CCOc1ccc2[nH]c3nc(SCC(=O)N4CCCC4)nnc3c2c1. The van der Waals surface area contributed by atoms with Crippen molar-refractivity contribution >= 4 is 39.7 Å². The molecular formula is C17H19N5O2S. The van der Waals surface area contributed by atoms with Crippen molar-refractivity contribution in [2.75, 3.05) is 25.4 Å². The van der Waals surface area contributed by atoms with Gasteiger partial charge >= 0.3 is 0 Å². The van der Waals surface area contributed by atoms with Gasteiger partial charge in [-0.1, -0.05) is 11.8 Å². The number of nitrogens with zero attached hydrogens (tertiary/aromatic N) is 4. The average Bonchev–Trinajstić information content (AvgIpc) is 3.27. The van der Waals surface area contributed by atoms with Crippen molar-refractivity contribution < 1.29 is 9.53 Å². The van der Waals surface area contributed by atoms with E-state index < -0.39 is 0 Å². The number of hydrogen-bond donors (Lipinski definition) is 1. The number of nitrogens with one attached hydrogen (secondary N) is 1. The molecule has 1 aliphatic rings. The van der Waals surface area contributed by atoms with E-state index in [2.05, 4.69) is 20.2 Å². The summed E-state index contributed by atoms with van der Waals surface area (Å²) < 4.78 is 5.54. The summed E-state index contributed by atoms with van der Waals surface area (Å²) in [4.78, 5) is 21.8. The molecule has 1 amide bonds. The fraction of sp³-hybridized carbons (Fsp3) is 0.412. The molecular weight excluding hydrogens is 338 g/mol. The molecule has 1 aliphatic heterocycles. The molecule has 0 saturated carbocycles. The Morgan fingerprint density at radius 1 is 1.32 bits per heavy atom. The number of carbonyl (C=O) groups excluding carboxylic acids is 1. The molecule has 0 radical (unpaired) electrons. The lowest BCUT2D eigenvalue weighted by molar-refractivity contribution is -0.127. The van der Waals surface area contributed by atoms with Gasteiger partial charge in [0.2, 0.25) is 11.1 Å². The molecule has 4 rings (SSSR count). The van der Waals surface area contributed by atoms with E-state index in [0.717, 1.165) is 42.6 Å². The quantitative estimate of drug-likeness (QED) is 0.707. The van der Waals surface area contributed by atoms with Gasteiger partial charge < -0.3 is 14.6 Å². The van der Waals surface area contributed by atoms with Gasteiger partial charge in [0.25, 0.3) is 0 Å². The Labute approximate surface area is 149 Å². The van der Waals surface area contributed by atoms with Gasteiger partial charge in [-0.05, 0) is 38.0 Å². The summed E-state index contributed by atoms with van der Waals surface area (Å²) >= 11 is 1.33. The number of aromatic nitrogens is 4. The lowest BCUT2D eigenvalue weighted by atomic mass is 10.2. The molecule has 2 aromatic heterocycles. The molecule has 0 unspecified atom stereocenters. The molecule has 0 atom stereocenters. The molecule has 1 N–H and O–H groups in total. The van der Waals surface area contributed by atoms with E-state index in [1.165, 1.54) is 11.8 Å². The number of likely N-dealkylation sites (tertiary alicyclic amines) is 1. The fourth-order valence-corrected chi connectivity index (χ4v) is 3.73. The molecule has 25 heavy (non-hydrogen) atoms. The summed E-state index contributed by atoms with van der Waals surface area (Å²) in [5, 5.41) is 9.92. The summed E-state index contributed by atoms with van der Waals surface area (Å²) in [5.74, 6) is 1.29. The topological polar surface area (TPSA) is 84.0 Å². The second-order valence-electron chi connectivity index (χ2n) is 5.93. The Morgan fingerprint density at radius 3 is 2.96 bits per heavy atom. The molecule has 0 bridgehead atoms. The lowest BCUT2D eigenvalue weighted by Gasteiger charge is -2.13. The second kappa shape index (κ2) is 6.87. The van der Waals surface area contributed by atoms with Gasteiger partial charge in [0.15, 0.2) is 5.65 Å². The van der Waals surface area contributed by atoms with Crippen LogP contribution in [0.2, 0.25) is 0 Å². The van der Waals surface area contributed by atoms with Crippen LogP contribution in [0.5, 0.6) is 5.75 Å². The lowest BCUT2D eigenvalue weighted by Crippen LogP contribution is -2.29. The highest BCUT2D eigenvalue weighted by atomic mass is 32.2. The van der Waals surface area contributed by atoms with Gasteiger partial charge in [-0.3, -0.25) is 4.79 Å². The first-order valence-electron chi connectivity index (χ1n) is 8.44. The minimum atomic E-state index is 0.143. The number of rotatable bonds is 5. The highest BCUT2D eigenvalue weighted by Crippen LogP contribution is 2.27. The van der Waals surface area contributed by atoms with E-state index in [9.17, 15) is 4.79 Å². The summed E-state index contributed by atoms with van der Waals surface area (Å²) in [6.07, 6.45) is 2.19. The predicted molar refractivity (Wildman–Crippen MR) is 96.9 cm³/mol. The van der Waals surface area contributed by atoms with Gasteiger partial charge in [-0.15, -0.1) is 10.2 Å². The van der Waals surface area contributed by atoms with Crippen molar-refractivity contribution in [2.45, 2.75) is 24.9 Å². The van der Waals surface area contributed by atoms with E-state index in [1.54, 1.807) is 0 Å². The Balaban J connectivity index is 1.55. The van der Waals surface area contributed by atoms with E-state index in [4.69, 9.17) is 4.74 Å². The van der Waals surface area contributed by atoms with Crippen molar-refractivity contribution in [3.63, 3.8) is 0 Å². The summed E-state index contributed by atoms with van der Waals surface area (Å²) in [7, 11) is 0. The van der Waals surface area contributed by atoms with Crippen LogP contribution in [-0.4, -0.2) is 56.4 Å². The second-order valence-corrected chi connectivity index (χ2v) is 6.88. The largest absolute Gasteiger partial charge is 0.494 e. The zero-order valence-electron chi connectivity index (χ0n) is 14.0. The molecule has 1 fully saturated rings. The number of benzene rings is 1. The van der Waals surface area contributed by atoms with Crippen LogP contribution in [0.1, 0.15) is 19.8 Å². The number of amides is 1. The minimum Gasteiger partial charge on any atom is -0.494 e. The van der Waals surface area contributed by atoms with Crippen LogP contribution in [0.3, 0.4) is 0 Å². The molecule has 3 aromatic rings. The van der Waals surface area contributed by atoms with Crippen LogP contribution < -0.4 is 4.74 Å². The van der Waals surface area contributed by atoms with Crippen molar-refractivity contribution in [2.24, 2.45) is 0 Å². The minimum absolute atomic E-state index is 0.143. The van der Waals surface area contributed by atoms with Crippen LogP contribution in [0.4, 0.5) is 0 Å². The van der Waals surface area contributed by atoms with E-state index in [0.29, 0.717) is 28.7 Å². The number of ether oxygens (including phenoxy) is 1. The van der Waals surface area contributed by atoms with Crippen molar-refractivity contribution in [1.29, 1.82) is 0 Å². The Hall–Kier alpha value is -2.35. The molecule has 7 nitrogen and oxygen atoms in total. The van der Waals surface area contributed by atoms with E-state index >= 15 is 0 Å². The first-order valence-corrected chi connectivity index (χ1v) is 9.42. The number of fused-ring (bicyclic) bond motifs is 3. The number of hydrogen-bond acceptors (Lipinski definition) is 6. The predicted octanol–water partition coefficient (Wildman–Crippen LogP) is 2.62. The van der Waals surface area contributed by atoms with Crippen molar-refractivity contribution in [3.8, 4) is 5.75 Å². The molecule has 3 heterocycles. The first-order chi connectivity index (χ1) is 12.2. The smallest absolute Gasteiger partial charge is 0.233 e. The number of thioether (sulfide) groups is 1. The highest BCUT2D eigenvalue weighted by Gasteiger charge is 2.18. The van der Waals surface area contributed by atoms with Crippen molar-refractivity contribution in [3.05, 3.63) is 18.2 Å². The molecule has 1 saturated heterocycles. The van der Waals surface area contributed by atoms with Crippen LogP contribution >= 0.6 is 11.8 Å². The van der Waals surface area contributed by atoms with E-state index in [1.807, 2.05) is 30.0 Å². The highest BCUT2D eigenvalue weighted by molar-refractivity contribution is 7.99. The number of aromatic amines is 1. The third-order valence-electron chi connectivity index (χ3n) is 4.26. The molecule has 0 aliphatic carbocycles. The summed E-state index contributed by atoms with van der Waals surface area (Å²) in [6, 6.07) is 5.81. The molecule has 1 aromatic carbocycles. The Kier molecular flexibility index (Phi) is 4.44. The third-order valence-corrected chi connectivity index (χ3v) is 5.08. The zero-order valence-corrected chi connectivity index (χ0v) is 14.8. The summed E-state index contributed by atoms with van der Waals surface area (Å²) in [6.45, 7) is 4.29. The monoisotopic (exact) mass is 357 g/mol. The molecule has 8 heteroatoms. The van der Waals surface area contributed by atoms with Gasteiger partial charge in [0.1, 0.15) is 11.3 Å². The van der Waals surface area contributed by atoms with Crippen molar-refractivity contribution in [1.82, 2.24) is 25.1 Å². The average molecular weight is 357 g/mol. The maximum absolute atomic E-state index is 12.1. The molecule has 0 spiro atoms. The normalized spacial score (nSPS) is 14.5. The Morgan fingerprint density at radius 2 is 2.16 bits per heavy atom. The van der Waals surface area contributed by atoms with Crippen LogP contribution in [0.15, 0.2) is 23.4 Å². The maximum atomic E-state index is 12.1. The van der Waals surface area contributed by atoms with Crippen LogP contribution in [-0.2, 0) is 4.79 Å².